The van der Waals surface area contributed by atoms with Gasteiger partial charge in [0.15, 0.2) is 10.8 Å². The van der Waals surface area contributed by atoms with E-state index in [-0.39, 0.29) is 23.7 Å². The first kappa shape index (κ1) is 18.6. The third-order valence-corrected chi connectivity index (χ3v) is 6.36. The third-order valence-electron chi connectivity index (χ3n) is 5.34. The minimum atomic E-state index is -0.414. The van der Waals surface area contributed by atoms with Gasteiger partial charge in [-0.05, 0) is 36.1 Å². The Morgan fingerprint density at radius 1 is 1.13 bits per heavy atom. The van der Waals surface area contributed by atoms with Crippen molar-refractivity contribution in [1.29, 1.82) is 0 Å². The molecule has 30 heavy (non-hydrogen) atoms. The molecule has 1 aliphatic carbocycles. The lowest BCUT2D eigenvalue weighted by Gasteiger charge is -2.19. The second-order valence-electron chi connectivity index (χ2n) is 7.27. The minimum Gasteiger partial charge on any atom is -0.400 e. The summed E-state index contributed by atoms with van der Waals surface area (Å²) in [5, 5.41) is 8.15. The molecular weight excluding hydrogens is 400 g/mol. The van der Waals surface area contributed by atoms with E-state index in [0.717, 1.165) is 34.2 Å². The summed E-state index contributed by atoms with van der Waals surface area (Å²) in [6, 6.07) is 15.9. The van der Waals surface area contributed by atoms with Crippen LogP contribution in [0.25, 0.3) is 21.3 Å². The molecule has 0 bridgehead atoms. The number of thiazole rings is 1. The number of rotatable bonds is 5. The highest BCUT2D eigenvalue weighted by Crippen LogP contribution is 2.30. The lowest BCUT2D eigenvalue weighted by atomic mass is 10.1. The van der Waals surface area contributed by atoms with Crippen LogP contribution in [0.1, 0.15) is 35.0 Å². The van der Waals surface area contributed by atoms with Crippen molar-refractivity contribution in [2.24, 2.45) is 0 Å². The summed E-state index contributed by atoms with van der Waals surface area (Å²) in [6.45, 7) is 0. The summed E-state index contributed by atoms with van der Waals surface area (Å²) in [5.41, 5.74) is 2.91. The number of aromatic nitrogens is 3. The number of Topliss-reactive ketones (excluding diaryl/α,β-unsaturated/α-hetero) is 1. The van der Waals surface area contributed by atoms with Crippen LogP contribution in [0.3, 0.4) is 0 Å². The Morgan fingerprint density at radius 2 is 1.97 bits per heavy atom. The Kier molecular flexibility index (Phi) is 4.63. The summed E-state index contributed by atoms with van der Waals surface area (Å²) in [5.74, 6) is -0.379. The van der Waals surface area contributed by atoms with Crippen LogP contribution >= 0.6 is 11.3 Å². The van der Waals surface area contributed by atoms with Crippen molar-refractivity contribution in [3.8, 4) is 11.1 Å². The zero-order valence-corrected chi connectivity index (χ0v) is 17.1. The number of benzene rings is 2. The van der Waals surface area contributed by atoms with Crippen LogP contribution in [-0.2, 0) is 4.79 Å². The van der Waals surface area contributed by atoms with Crippen molar-refractivity contribution in [3.05, 3.63) is 59.4 Å². The molecule has 7 nitrogen and oxygen atoms in total. The highest BCUT2D eigenvalue weighted by Gasteiger charge is 2.31. The summed E-state index contributed by atoms with van der Waals surface area (Å²) >= 11 is 1.30. The minimum absolute atomic E-state index is 0.121. The van der Waals surface area contributed by atoms with Gasteiger partial charge in [0, 0.05) is 13.5 Å². The van der Waals surface area contributed by atoms with E-state index in [4.69, 9.17) is 4.42 Å². The molecule has 0 N–H and O–H groups in total. The van der Waals surface area contributed by atoms with Gasteiger partial charge in [0.25, 0.3) is 11.7 Å². The maximum Gasteiger partial charge on any atom is 0.318 e. The van der Waals surface area contributed by atoms with Gasteiger partial charge in [0.05, 0.1) is 16.3 Å². The average Bonchev–Trinajstić information content (AvgIpc) is 3.52. The van der Waals surface area contributed by atoms with Crippen LogP contribution in [0.2, 0.25) is 0 Å². The molecule has 0 amide bonds. The van der Waals surface area contributed by atoms with Gasteiger partial charge in [-0.3, -0.25) is 9.59 Å². The van der Waals surface area contributed by atoms with Crippen molar-refractivity contribution in [3.63, 3.8) is 0 Å². The number of carbonyl (C=O) groups is 2. The van der Waals surface area contributed by atoms with E-state index in [1.807, 2.05) is 48.5 Å². The molecule has 5 rings (SSSR count). The molecule has 0 radical (unpaired) electrons. The van der Waals surface area contributed by atoms with E-state index in [2.05, 4.69) is 15.2 Å². The third kappa shape index (κ3) is 3.29. The monoisotopic (exact) mass is 418 g/mol. The predicted molar refractivity (Wildman–Crippen MR) is 114 cm³/mol. The number of carbonyl (C=O) groups excluding carboxylic acids is 2. The molecule has 150 valence electrons. The molecule has 2 heterocycles. The van der Waals surface area contributed by atoms with Crippen LogP contribution in [0.5, 0.6) is 0 Å². The average molecular weight is 418 g/mol. The maximum absolute atomic E-state index is 12.9. The number of likely N-dealkylation sites (N-methyl/N-ethyl adjacent to an activating group) is 1. The molecule has 1 atom stereocenters. The maximum atomic E-state index is 12.9. The number of hydrogen-bond donors (Lipinski definition) is 0. The van der Waals surface area contributed by atoms with Crippen molar-refractivity contribution in [2.75, 3.05) is 11.9 Å². The van der Waals surface area contributed by atoms with E-state index in [0.29, 0.717) is 11.4 Å². The van der Waals surface area contributed by atoms with E-state index in [1.165, 1.54) is 11.3 Å². The molecule has 0 saturated heterocycles. The van der Waals surface area contributed by atoms with Crippen LogP contribution in [-0.4, -0.2) is 39.8 Å². The highest BCUT2D eigenvalue weighted by atomic mass is 32.1. The van der Waals surface area contributed by atoms with Gasteiger partial charge < -0.3 is 9.32 Å². The first-order valence-corrected chi connectivity index (χ1v) is 10.5. The molecule has 1 fully saturated rings. The zero-order valence-electron chi connectivity index (χ0n) is 16.2. The molecular formula is C22H18N4O3S. The van der Waals surface area contributed by atoms with Gasteiger partial charge in [-0.25, -0.2) is 4.98 Å². The fourth-order valence-corrected chi connectivity index (χ4v) is 4.65. The van der Waals surface area contributed by atoms with E-state index >= 15 is 0 Å². The Labute approximate surface area is 176 Å². The normalized spacial score (nSPS) is 16.3. The number of nitrogens with zero attached hydrogens (tertiary/aromatic N) is 4. The number of fused-ring (bicyclic) bond motifs is 1. The van der Waals surface area contributed by atoms with Gasteiger partial charge in [-0.15, -0.1) is 16.4 Å². The molecule has 4 aromatic rings. The van der Waals surface area contributed by atoms with Crippen molar-refractivity contribution in [1.82, 2.24) is 15.2 Å². The lowest BCUT2D eigenvalue weighted by Crippen LogP contribution is -2.35. The zero-order chi connectivity index (χ0) is 20.7. The first-order chi connectivity index (χ1) is 14.6. The molecule has 0 spiro atoms. The fraction of sp³-hybridized carbons (Fsp3) is 0.227. The molecule has 8 heteroatoms. The van der Waals surface area contributed by atoms with Gasteiger partial charge in [0.1, 0.15) is 0 Å². The van der Waals surface area contributed by atoms with Crippen LogP contribution in [0, 0.1) is 0 Å². The summed E-state index contributed by atoms with van der Waals surface area (Å²) in [7, 11) is 1.73. The van der Waals surface area contributed by atoms with Crippen LogP contribution in [0.4, 0.5) is 6.01 Å². The topological polar surface area (TPSA) is 89.2 Å². The predicted octanol–water partition coefficient (Wildman–Crippen LogP) is 4.14. The van der Waals surface area contributed by atoms with E-state index < -0.39 is 5.78 Å². The van der Waals surface area contributed by atoms with Gasteiger partial charge in [-0.1, -0.05) is 41.5 Å². The van der Waals surface area contributed by atoms with E-state index in [1.54, 1.807) is 11.9 Å². The molecule has 1 aliphatic rings. The fourth-order valence-electron chi connectivity index (χ4n) is 3.71. The second kappa shape index (κ2) is 7.46. The molecule has 1 saturated carbocycles. The van der Waals surface area contributed by atoms with Crippen molar-refractivity contribution in [2.45, 2.75) is 25.3 Å². The second-order valence-corrected chi connectivity index (χ2v) is 8.30. The SMILES string of the molecule is CN(c1nnc(C(=O)c2nc3ccc(-c4ccccc4)cc3s2)o1)[C@H]1CCCC1=O. The Balaban J connectivity index is 1.41. The van der Waals surface area contributed by atoms with Gasteiger partial charge in [0.2, 0.25) is 0 Å². The Bertz CT molecular complexity index is 1250. The number of anilines is 1. The van der Waals surface area contributed by atoms with Gasteiger partial charge >= 0.3 is 6.01 Å². The summed E-state index contributed by atoms with van der Waals surface area (Å²) in [6.07, 6.45) is 2.17. The molecule has 0 aliphatic heterocycles. The number of hydrogen-bond acceptors (Lipinski definition) is 8. The molecule has 2 aromatic heterocycles. The molecule has 0 unspecified atom stereocenters. The van der Waals surface area contributed by atoms with Crippen LogP contribution < -0.4 is 4.90 Å². The summed E-state index contributed by atoms with van der Waals surface area (Å²) < 4.78 is 6.49. The van der Waals surface area contributed by atoms with Crippen molar-refractivity contribution >= 4 is 39.1 Å². The Hall–Kier alpha value is -3.39. The van der Waals surface area contributed by atoms with Gasteiger partial charge in [-0.2, -0.15) is 0 Å². The standard InChI is InChI=1S/C22H18N4O3S/c1-26(16-8-5-9-17(16)27)22-25-24-20(29-22)19(28)21-23-15-11-10-14(12-18(15)30-21)13-6-3-2-4-7-13/h2-4,6-7,10-12,16H,5,8-9H2,1H3/t16-/m0/s1. The summed E-state index contributed by atoms with van der Waals surface area (Å²) in [4.78, 5) is 30.9. The number of ketones is 2. The first-order valence-electron chi connectivity index (χ1n) is 9.70. The lowest BCUT2D eigenvalue weighted by molar-refractivity contribution is -0.118. The smallest absolute Gasteiger partial charge is 0.318 e. The molecule has 2 aromatic carbocycles. The van der Waals surface area contributed by atoms with Crippen molar-refractivity contribution < 1.29 is 14.0 Å². The largest absolute Gasteiger partial charge is 0.400 e. The van der Waals surface area contributed by atoms with Crippen LogP contribution in [0.15, 0.2) is 52.9 Å². The quantitative estimate of drug-likeness (QED) is 0.450. The highest BCUT2D eigenvalue weighted by molar-refractivity contribution is 7.20. The van der Waals surface area contributed by atoms with E-state index in [9.17, 15) is 9.59 Å². The Morgan fingerprint density at radius 3 is 2.73 bits per heavy atom.